The minimum absolute atomic E-state index is 0.0150. The zero-order valence-electron chi connectivity index (χ0n) is 17.7. The van der Waals surface area contributed by atoms with E-state index in [4.69, 9.17) is 11.6 Å². The molecule has 3 amide bonds. The Bertz CT molecular complexity index is 1030. The summed E-state index contributed by atoms with van der Waals surface area (Å²) >= 11 is 6.21. The SMILES string of the molecule is CCCNC(=O)c1ncn2c1C(=O)N(C1CC1)[C@](C)(C(=O)NCc1ccccc1Cl)C2. The van der Waals surface area contributed by atoms with Crippen LogP contribution in [0.4, 0.5) is 0 Å². The number of carbonyl (C=O) groups is 3. The summed E-state index contributed by atoms with van der Waals surface area (Å²) < 4.78 is 1.62. The molecule has 2 N–H and O–H groups in total. The second-order valence-electron chi connectivity index (χ2n) is 8.28. The first-order chi connectivity index (χ1) is 14.9. The molecule has 0 radical (unpaired) electrons. The molecule has 2 heterocycles. The van der Waals surface area contributed by atoms with Gasteiger partial charge in [0.15, 0.2) is 5.69 Å². The molecule has 31 heavy (non-hydrogen) atoms. The lowest BCUT2D eigenvalue weighted by molar-refractivity contribution is -0.133. The molecule has 0 bridgehead atoms. The molecule has 1 atom stereocenters. The van der Waals surface area contributed by atoms with Crippen LogP contribution < -0.4 is 10.6 Å². The Kier molecular flexibility index (Phi) is 5.75. The van der Waals surface area contributed by atoms with Gasteiger partial charge in [-0.1, -0.05) is 36.7 Å². The quantitative estimate of drug-likeness (QED) is 0.686. The smallest absolute Gasteiger partial charge is 0.274 e. The third kappa shape index (κ3) is 3.92. The van der Waals surface area contributed by atoms with E-state index >= 15 is 0 Å². The van der Waals surface area contributed by atoms with E-state index in [1.807, 2.05) is 25.1 Å². The van der Waals surface area contributed by atoms with E-state index < -0.39 is 5.54 Å². The van der Waals surface area contributed by atoms with Crippen LogP contribution >= 0.6 is 11.6 Å². The molecule has 8 nitrogen and oxygen atoms in total. The molecule has 4 rings (SSSR count). The molecule has 2 aromatic rings. The third-order valence-electron chi connectivity index (χ3n) is 5.82. The van der Waals surface area contributed by atoms with Gasteiger partial charge >= 0.3 is 0 Å². The van der Waals surface area contributed by atoms with Crippen LogP contribution in [0.1, 0.15) is 59.7 Å². The fourth-order valence-electron chi connectivity index (χ4n) is 4.05. The number of aromatic nitrogens is 2. The molecule has 1 saturated carbocycles. The Morgan fingerprint density at radius 2 is 2.00 bits per heavy atom. The number of nitrogens with one attached hydrogen (secondary N) is 2. The van der Waals surface area contributed by atoms with E-state index in [9.17, 15) is 14.4 Å². The highest BCUT2D eigenvalue weighted by Gasteiger charge is 2.53. The Hall–Kier alpha value is -2.87. The van der Waals surface area contributed by atoms with Crippen molar-refractivity contribution in [1.29, 1.82) is 0 Å². The summed E-state index contributed by atoms with van der Waals surface area (Å²) in [6, 6.07) is 7.30. The van der Waals surface area contributed by atoms with Crippen molar-refractivity contribution >= 4 is 29.3 Å². The minimum atomic E-state index is -1.09. The molecular formula is C22H26ClN5O3. The van der Waals surface area contributed by atoms with Crippen LogP contribution in [-0.4, -0.2) is 50.3 Å². The molecule has 164 valence electrons. The molecule has 0 spiro atoms. The molecule has 9 heteroatoms. The van der Waals surface area contributed by atoms with E-state index in [0.29, 0.717) is 11.6 Å². The predicted octanol–water partition coefficient (Wildman–Crippen LogP) is 2.37. The molecule has 1 aromatic carbocycles. The van der Waals surface area contributed by atoms with Gasteiger partial charge in [-0.2, -0.15) is 0 Å². The van der Waals surface area contributed by atoms with Crippen LogP contribution in [0.15, 0.2) is 30.6 Å². The molecule has 1 aliphatic carbocycles. The van der Waals surface area contributed by atoms with Gasteiger partial charge < -0.3 is 20.1 Å². The second kappa shape index (κ2) is 8.34. The van der Waals surface area contributed by atoms with Crippen LogP contribution in [0.5, 0.6) is 0 Å². The molecule has 0 saturated heterocycles. The van der Waals surface area contributed by atoms with Gasteiger partial charge in [-0.15, -0.1) is 0 Å². The summed E-state index contributed by atoms with van der Waals surface area (Å²) in [5.74, 6) is -0.959. The zero-order chi connectivity index (χ0) is 22.2. The number of amides is 3. The minimum Gasteiger partial charge on any atom is -0.351 e. The van der Waals surface area contributed by atoms with Crippen LogP contribution in [-0.2, 0) is 17.9 Å². The third-order valence-corrected chi connectivity index (χ3v) is 6.19. The monoisotopic (exact) mass is 443 g/mol. The van der Waals surface area contributed by atoms with Gasteiger partial charge in [0, 0.05) is 24.2 Å². The molecule has 1 fully saturated rings. The Labute approximate surface area is 186 Å². The first-order valence-corrected chi connectivity index (χ1v) is 10.9. The Morgan fingerprint density at radius 1 is 1.26 bits per heavy atom. The fourth-order valence-corrected chi connectivity index (χ4v) is 4.25. The van der Waals surface area contributed by atoms with Gasteiger partial charge in [0.05, 0.1) is 12.9 Å². The number of imidazole rings is 1. The van der Waals surface area contributed by atoms with Crippen molar-refractivity contribution < 1.29 is 14.4 Å². The lowest BCUT2D eigenvalue weighted by atomic mass is 9.93. The number of carbonyl (C=O) groups excluding carboxylic acids is 3. The summed E-state index contributed by atoms with van der Waals surface area (Å²) in [5.41, 5.74) is 0.0728. The molecule has 1 aliphatic heterocycles. The van der Waals surface area contributed by atoms with Crippen molar-refractivity contribution in [3.8, 4) is 0 Å². The largest absolute Gasteiger partial charge is 0.351 e. The van der Waals surface area contributed by atoms with Crippen molar-refractivity contribution in [2.75, 3.05) is 6.54 Å². The number of benzene rings is 1. The van der Waals surface area contributed by atoms with Gasteiger partial charge in [-0.3, -0.25) is 14.4 Å². The number of hydrogen-bond acceptors (Lipinski definition) is 4. The first kappa shape index (κ1) is 21.4. The van der Waals surface area contributed by atoms with Gasteiger partial charge in [-0.05, 0) is 37.8 Å². The molecule has 1 aromatic heterocycles. The number of nitrogens with zero attached hydrogens (tertiary/aromatic N) is 3. The van der Waals surface area contributed by atoms with Crippen molar-refractivity contribution in [2.24, 2.45) is 0 Å². The molecule has 0 unspecified atom stereocenters. The van der Waals surface area contributed by atoms with Crippen molar-refractivity contribution in [3.63, 3.8) is 0 Å². The van der Waals surface area contributed by atoms with Gasteiger partial charge in [0.25, 0.3) is 11.8 Å². The maximum atomic E-state index is 13.5. The second-order valence-corrected chi connectivity index (χ2v) is 8.69. The Morgan fingerprint density at radius 3 is 2.68 bits per heavy atom. The van der Waals surface area contributed by atoms with Crippen molar-refractivity contribution in [2.45, 2.75) is 57.8 Å². The summed E-state index contributed by atoms with van der Waals surface area (Å²) in [6.45, 7) is 4.73. The summed E-state index contributed by atoms with van der Waals surface area (Å²) in [6.07, 6.45) is 3.93. The Balaban J connectivity index is 1.61. The summed E-state index contributed by atoms with van der Waals surface area (Å²) in [4.78, 5) is 45.2. The zero-order valence-corrected chi connectivity index (χ0v) is 18.4. The normalized spacial score (nSPS) is 20.4. The average Bonchev–Trinajstić information content (AvgIpc) is 3.49. The standard InChI is InChI=1S/C22H26ClN5O3/c1-3-10-24-19(29)17-18-20(30)28(15-8-9-15)22(2,12-27(18)13-26-17)21(31)25-11-14-6-4-5-7-16(14)23/h4-7,13,15H,3,8-12H2,1-2H3,(H,24,29)(H,25,31)/t22-/m0/s1. The van der Waals surface area contributed by atoms with E-state index in [1.54, 1.807) is 22.5 Å². The van der Waals surface area contributed by atoms with Gasteiger partial charge in [-0.25, -0.2) is 4.98 Å². The van der Waals surface area contributed by atoms with Crippen LogP contribution in [0.3, 0.4) is 0 Å². The van der Waals surface area contributed by atoms with E-state index in [-0.39, 0.29) is 48.2 Å². The highest BCUT2D eigenvalue weighted by molar-refractivity contribution is 6.31. The topological polar surface area (TPSA) is 96.3 Å². The summed E-state index contributed by atoms with van der Waals surface area (Å²) in [7, 11) is 0. The number of fused-ring (bicyclic) bond motifs is 1. The highest BCUT2D eigenvalue weighted by atomic mass is 35.5. The fraction of sp³-hybridized carbons (Fsp3) is 0.455. The van der Waals surface area contributed by atoms with E-state index in [1.165, 1.54) is 6.33 Å². The molecule has 2 aliphatic rings. The predicted molar refractivity (Wildman–Crippen MR) is 116 cm³/mol. The van der Waals surface area contributed by atoms with Crippen LogP contribution in [0, 0.1) is 0 Å². The number of halogens is 1. The van der Waals surface area contributed by atoms with Crippen molar-refractivity contribution in [3.05, 3.63) is 52.6 Å². The maximum absolute atomic E-state index is 13.5. The van der Waals surface area contributed by atoms with Gasteiger partial charge in [0.1, 0.15) is 11.2 Å². The van der Waals surface area contributed by atoms with E-state index in [2.05, 4.69) is 15.6 Å². The number of rotatable bonds is 7. The van der Waals surface area contributed by atoms with E-state index in [0.717, 1.165) is 24.8 Å². The summed E-state index contributed by atoms with van der Waals surface area (Å²) in [5, 5.41) is 6.29. The van der Waals surface area contributed by atoms with Crippen molar-refractivity contribution in [1.82, 2.24) is 25.1 Å². The number of hydrogen-bond donors (Lipinski definition) is 2. The lowest BCUT2D eigenvalue weighted by Gasteiger charge is -2.44. The first-order valence-electron chi connectivity index (χ1n) is 10.6. The average molecular weight is 444 g/mol. The van der Waals surface area contributed by atoms with Crippen LogP contribution in [0.2, 0.25) is 5.02 Å². The maximum Gasteiger partial charge on any atom is 0.274 e. The van der Waals surface area contributed by atoms with Crippen LogP contribution in [0.25, 0.3) is 0 Å². The lowest BCUT2D eigenvalue weighted by Crippen LogP contribution is -2.64. The highest BCUT2D eigenvalue weighted by Crippen LogP contribution is 2.38. The molecular weight excluding hydrogens is 418 g/mol. The van der Waals surface area contributed by atoms with Gasteiger partial charge in [0.2, 0.25) is 5.91 Å².